The molecule has 0 spiro atoms. The molecule has 1 fully saturated rings. The van der Waals surface area contributed by atoms with E-state index >= 15 is 0 Å². The van der Waals surface area contributed by atoms with Gasteiger partial charge in [-0.3, -0.25) is 0 Å². The monoisotopic (exact) mass is 290 g/mol. The second-order valence-electron chi connectivity index (χ2n) is 5.99. The zero-order chi connectivity index (χ0) is 15.3. The lowest BCUT2D eigenvalue weighted by atomic mass is 9.54. The highest BCUT2D eigenvalue weighted by atomic mass is 16.5. The van der Waals surface area contributed by atoms with Gasteiger partial charge in [0.1, 0.15) is 0 Å². The fourth-order valence-corrected chi connectivity index (χ4v) is 3.70. The van der Waals surface area contributed by atoms with Crippen LogP contribution in [-0.4, -0.2) is 65.9 Å². The second kappa shape index (κ2) is 7.15. The van der Waals surface area contributed by atoms with E-state index in [4.69, 9.17) is 30.4 Å². The maximum atomic E-state index is 6.80. The molecule has 2 unspecified atom stereocenters. The van der Waals surface area contributed by atoms with Gasteiger partial charge in [0, 0.05) is 33.9 Å². The third-order valence-corrected chi connectivity index (χ3v) is 4.73. The molecule has 0 bridgehead atoms. The van der Waals surface area contributed by atoms with Gasteiger partial charge in [0.05, 0.1) is 37.5 Å². The van der Waals surface area contributed by atoms with Crippen molar-refractivity contribution in [1.82, 2.24) is 0 Å². The van der Waals surface area contributed by atoms with Crippen LogP contribution in [0.5, 0.6) is 0 Å². The van der Waals surface area contributed by atoms with Crippen molar-refractivity contribution in [2.75, 3.05) is 54.9 Å². The van der Waals surface area contributed by atoms with E-state index in [0.29, 0.717) is 26.4 Å². The van der Waals surface area contributed by atoms with E-state index in [1.165, 1.54) is 0 Å². The summed E-state index contributed by atoms with van der Waals surface area (Å²) in [5.74, 6) is 0. The van der Waals surface area contributed by atoms with Crippen LogP contribution < -0.4 is 11.5 Å². The van der Waals surface area contributed by atoms with Crippen molar-refractivity contribution >= 4 is 0 Å². The molecule has 2 atom stereocenters. The van der Waals surface area contributed by atoms with Gasteiger partial charge in [-0.1, -0.05) is 6.42 Å². The van der Waals surface area contributed by atoms with Crippen LogP contribution in [0.15, 0.2) is 0 Å². The smallest absolute Gasteiger partial charge is 0.0697 e. The van der Waals surface area contributed by atoms with E-state index in [1.807, 2.05) is 0 Å². The predicted octanol–water partition coefficient (Wildman–Crippen LogP) is 0.137. The molecule has 120 valence electrons. The van der Waals surface area contributed by atoms with Crippen LogP contribution in [0, 0.1) is 5.41 Å². The van der Waals surface area contributed by atoms with Crippen LogP contribution in [0.3, 0.4) is 0 Å². The van der Waals surface area contributed by atoms with Crippen LogP contribution in [-0.2, 0) is 18.9 Å². The third kappa shape index (κ3) is 2.86. The Balaban J connectivity index is 3.24. The van der Waals surface area contributed by atoms with Gasteiger partial charge in [-0.05, 0) is 12.8 Å². The lowest BCUT2D eigenvalue weighted by Gasteiger charge is -2.59. The highest BCUT2D eigenvalue weighted by Gasteiger charge is 2.61. The fraction of sp³-hybridized carbons (Fsp3) is 1.00. The summed E-state index contributed by atoms with van der Waals surface area (Å²) >= 11 is 0. The van der Waals surface area contributed by atoms with Gasteiger partial charge in [0.15, 0.2) is 0 Å². The molecule has 20 heavy (non-hydrogen) atoms. The highest BCUT2D eigenvalue weighted by Crippen LogP contribution is 2.48. The van der Waals surface area contributed by atoms with E-state index in [9.17, 15) is 0 Å². The molecule has 0 aliphatic heterocycles. The molecule has 6 nitrogen and oxygen atoms in total. The molecule has 1 rings (SSSR count). The Bertz CT molecular complexity index is 287. The van der Waals surface area contributed by atoms with Crippen molar-refractivity contribution in [3.63, 3.8) is 0 Å². The lowest BCUT2D eigenvalue weighted by molar-refractivity contribution is -0.131. The van der Waals surface area contributed by atoms with E-state index in [-0.39, 0.29) is 5.41 Å². The van der Waals surface area contributed by atoms with Crippen molar-refractivity contribution in [2.24, 2.45) is 16.9 Å². The molecule has 1 aliphatic carbocycles. The highest BCUT2D eigenvalue weighted by molar-refractivity contribution is 5.19. The maximum absolute atomic E-state index is 6.80. The van der Waals surface area contributed by atoms with Crippen LogP contribution in [0.25, 0.3) is 0 Å². The molecule has 4 N–H and O–H groups in total. The quantitative estimate of drug-likeness (QED) is 0.661. The Morgan fingerprint density at radius 1 is 0.750 bits per heavy atom. The molecule has 0 aromatic rings. The maximum Gasteiger partial charge on any atom is 0.0697 e. The normalized spacial score (nSPS) is 33.3. The molecule has 6 heteroatoms. The Kier molecular flexibility index (Phi) is 6.37. The number of ether oxygens (including phenoxy) is 4. The summed E-state index contributed by atoms with van der Waals surface area (Å²) in [4.78, 5) is 0. The first-order chi connectivity index (χ1) is 9.45. The summed E-state index contributed by atoms with van der Waals surface area (Å²) < 4.78 is 21.6. The number of nitrogens with two attached hydrogens (primary N) is 2. The fourth-order valence-electron chi connectivity index (χ4n) is 3.70. The van der Waals surface area contributed by atoms with Gasteiger partial charge in [-0.15, -0.1) is 0 Å². The molecule has 0 heterocycles. The largest absolute Gasteiger partial charge is 0.384 e. The number of methoxy groups -OCH3 is 4. The Morgan fingerprint density at radius 3 is 1.70 bits per heavy atom. The minimum absolute atomic E-state index is 0.347. The Labute approximate surface area is 122 Å². The number of hydrogen-bond donors (Lipinski definition) is 2. The van der Waals surface area contributed by atoms with Gasteiger partial charge >= 0.3 is 0 Å². The zero-order valence-corrected chi connectivity index (χ0v) is 13.2. The minimum Gasteiger partial charge on any atom is -0.384 e. The van der Waals surface area contributed by atoms with Gasteiger partial charge in [-0.25, -0.2) is 0 Å². The average Bonchev–Trinajstić information content (AvgIpc) is 2.38. The van der Waals surface area contributed by atoms with Crippen molar-refractivity contribution in [1.29, 1.82) is 0 Å². The first-order valence-electron chi connectivity index (χ1n) is 6.99. The molecule has 1 saturated carbocycles. The Hall–Kier alpha value is -0.240. The van der Waals surface area contributed by atoms with Crippen molar-refractivity contribution in [3.8, 4) is 0 Å². The van der Waals surface area contributed by atoms with Crippen molar-refractivity contribution in [2.45, 2.75) is 30.3 Å². The summed E-state index contributed by atoms with van der Waals surface area (Å²) in [6, 6.07) is 0. The van der Waals surface area contributed by atoms with E-state index in [2.05, 4.69) is 0 Å². The van der Waals surface area contributed by atoms with Crippen molar-refractivity contribution in [3.05, 3.63) is 0 Å². The van der Waals surface area contributed by atoms with Gasteiger partial charge < -0.3 is 30.4 Å². The van der Waals surface area contributed by atoms with E-state index < -0.39 is 11.1 Å². The van der Waals surface area contributed by atoms with E-state index in [1.54, 1.807) is 28.4 Å². The molecule has 0 amide bonds. The second-order valence-corrected chi connectivity index (χ2v) is 5.99. The molecule has 0 saturated heterocycles. The molecule has 0 radical (unpaired) electrons. The van der Waals surface area contributed by atoms with E-state index in [0.717, 1.165) is 19.3 Å². The lowest BCUT2D eigenvalue weighted by Crippen LogP contribution is -2.80. The molecular formula is C14H30N2O4. The molecular weight excluding hydrogens is 260 g/mol. The minimum atomic E-state index is -0.769. The van der Waals surface area contributed by atoms with Crippen molar-refractivity contribution < 1.29 is 18.9 Å². The molecule has 1 aliphatic rings. The van der Waals surface area contributed by atoms with Crippen LogP contribution in [0.1, 0.15) is 19.3 Å². The standard InChI is InChI=1S/C14H30N2O4/c1-17-8-12(9-18-2)6-5-7-13(15,10-19-3)14(12,16)11-20-4/h5-11,15-16H2,1-4H3. The molecule has 0 aromatic heterocycles. The van der Waals surface area contributed by atoms with Crippen LogP contribution >= 0.6 is 0 Å². The van der Waals surface area contributed by atoms with Crippen LogP contribution in [0.4, 0.5) is 0 Å². The predicted molar refractivity (Wildman–Crippen MR) is 77.6 cm³/mol. The summed E-state index contributed by atoms with van der Waals surface area (Å²) in [5.41, 5.74) is 11.6. The van der Waals surface area contributed by atoms with Gasteiger partial charge in [-0.2, -0.15) is 0 Å². The SMILES string of the molecule is COCC1(N)CCCC(COC)(COC)C1(N)COC. The first-order valence-corrected chi connectivity index (χ1v) is 6.99. The molecule has 0 aromatic carbocycles. The summed E-state index contributed by atoms with van der Waals surface area (Å²) in [5, 5.41) is 0. The zero-order valence-electron chi connectivity index (χ0n) is 13.2. The van der Waals surface area contributed by atoms with Crippen LogP contribution in [0.2, 0.25) is 0 Å². The summed E-state index contributed by atoms with van der Waals surface area (Å²) in [7, 11) is 6.63. The number of rotatable bonds is 8. The number of hydrogen-bond acceptors (Lipinski definition) is 6. The van der Waals surface area contributed by atoms with Gasteiger partial charge in [0.2, 0.25) is 0 Å². The summed E-state index contributed by atoms with van der Waals surface area (Å²) in [6.45, 7) is 1.72. The average molecular weight is 290 g/mol. The Morgan fingerprint density at radius 2 is 1.25 bits per heavy atom. The third-order valence-electron chi connectivity index (χ3n) is 4.73. The topological polar surface area (TPSA) is 89.0 Å². The first kappa shape index (κ1) is 17.8. The summed E-state index contributed by atoms with van der Waals surface area (Å²) in [6.07, 6.45) is 2.67. The van der Waals surface area contributed by atoms with Gasteiger partial charge in [0.25, 0.3) is 0 Å².